The molecule has 0 aliphatic carbocycles. The van der Waals surface area contributed by atoms with E-state index in [9.17, 15) is 13.2 Å². The first-order valence-electron chi connectivity index (χ1n) is 6.92. The summed E-state index contributed by atoms with van der Waals surface area (Å²) in [5.74, 6) is -0.251. The zero-order chi connectivity index (χ0) is 16.3. The van der Waals surface area contributed by atoms with Gasteiger partial charge < -0.3 is 10.1 Å². The Morgan fingerprint density at radius 3 is 2.65 bits per heavy atom. The molecular formula is C17H13F3N2O. The van der Waals surface area contributed by atoms with E-state index in [2.05, 4.69) is 15.0 Å². The van der Waals surface area contributed by atoms with E-state index in [1.807, 2.05) is 24.3 Å². The summed E-state index contributed by atoms with van der Waals surface area (Å²) in [6, 6.07) is 13.6. The molecule has 0 atom stereocenters. The van der Waals surface area contributed by atoms with Crippen molar-refractivity contribution in [2.24, 2.45) is 0 Å². The second-order valence-corrected chi connectivity index (χ2v) is 4.95. The molecule has 3 nitrogen and oxygen atoms in total. The van der Waals surface area contributed by atoms with Gasteiger partial charge in [-0.1, -0.05) is 30.3 Å². The van der Waals surface area contributed by atoms with Crippen LogP contribution >= 0.6 is 0 Å². The monoisotopic (exact) mass is 318 g/mol. The third-order valence-corrected chi connectivity index (χ3v) is 3.30. The number of nitrogens with zero attached hydrogens (tertiary/aromatic N) is 1. The van der Waals surface area contributed by atoms with Crippen molar-refractivity contribution in [2.45, 2.75) is 12.9 Å². The average Bonchev–Trinajstić information content (AvgIpc) is 2.51. The minimum absolute atomic E-state index is 0.251. The van der Waals surface area contributed by atoms with Crippen LogP contribution in [0.1, 0.15) is 5.56 Å². The van der Waals surface area contributed by atoms with Crippen LogP contribution in [-0.2, 0) is 6.54 Å². The van der Waals surface area contributed by atoms with Gasteiger partial charge in [0.25, 0.3) is 0 Å². The third kappa shape index (κ3) is 3.91. The maximum atomic E-state index is 12.2. The number of pyridine rings is 1. The van der Waals surface area contributed by atoms with Crippen molar-refractivity contribution < 1.29 is 17.9 Å². The summed E-state index contributed by atoms with van der Waals surface area (Å²) in [5, 5.41) is 5.16. The lowest BCUT2D eigenvalue weighted by atomic mass is 10.1. The zero-order valence-corrected chi connectivity index (χ0v) is 12.0. The van der Waals surface area contributed by atoms with Crippen LogP contribution in [0.15, 0.2) is 60.9 Å². The molecule has 2 aromatic carbocycles. The zero-order valence-electron chi connectivity index (χ0n) is 12.0. The van der Waals surface area contributed by atoms with Gasteiger partial charge >= 0.3 is 6.36 Å². The number of halogens is 3. The number of alkyl halides is 3. The number of benzene rings is 2. The molecule has 0 fully saturated rings. The molecule has 0 radical (unpaired) electrons. The number of ether oxygens (including phenoxy) is 1. The highest BCUT2D eigenvalue weighted by Gasteiger charge is 2.31. The molecule has 3 rings (SSSR count). The highest BCUT2D eigenvalue weighted by molar-refractivity contribution is 5.84. The number of hydrogen-bond acceptors (Lipinski definition) is 3. The lowest BCUT2D eigenvalue weighted by Crippen LogP contribution is -2.17. The van der Waals surface area contributed by atoms with E-state index < -0.39 is 6.36 Å². The van der Waals surface area contributed by atoms with Crippen LogP contribution in [0.5, 0.6) is 5.75 Å². The van der Waals surface area contributed by atoms with Crippen LogP contribution in [0.3, 0.4) is 0 Å². The molecule has 1 aromatic heterocycles. The fraction of sp³-hybridized carbons (Fsp3) is 0.118. The van der Waals surface area contributed by atoms with Crippen molar-refractivity contribution in [2.75, 3.05) is 5.32 Å². The van der Waals surface area contributed by atoms with Gasteiger partial charge in [0.2, 0.25) is 0 Å². The van der Waals surface area contributed by atoms with Crippen LogP contribution < -0.4 is 10.1 Å². The molecule has 0 aliphatic heterocycles. The first kappa shape index (κ1) is 15.1. The summed E-state index contributed by atoms with van der Waals surface area (Å²) in [4.78, 5) is 4.18. The van der Waals surface area contributed by atoms with Crippen molar-refractivity contribution in [1.29, 1.82) is 0 Å². The number of nitrogens with one attached hydrogen (secondary N) is 1. The van der Waals surface area contributed by atoms with Crippen molar-refractivity contribution in [3.63, 3.8) is 0 Å². The largest absolute Gasteiger partial charge is 0.573 e. The summed E-state index contributed by atoms with van der Waals surface area (Å²) in [7, 11) is 0. The van der Waals surface area contributed by atoms with E-state index in [4.69, 9.17) is 0 Å². The lowest BCUT2D eigenvalue weighted by molar-refractivity contribution is -0.274. The van der Waals surface area contributed by atoms with Crippen molar-refractivity contribution in [3.05, 3.63) is 66.5 Å². The first-order valence-corrected chi connectivity index (χ1v) is 6.92. The third-order valence-electron chi connectivity index (χ3n) is 3.30. The molecule has 1 heterocycles. The Labute approximate surface area is 130 Å². The fourth-order valence-electron chi connectivity index (χ4n) is 2.32. The highest BCUT2D eigenvalue weighted by Crippen LogP contribution is 2.25. The van der Waals surface area contributed by atoms with Gasteiger partial charge in [-0.05, 0) is 23.1 Å². The van der Waals surface area contributed by atoms with Crippen molar-refractivity contribution in [3.8, 4) is 5.75 Å². The molecule has 0 saturated carbocycles. The molecule has 23 heavy (non-hydrogen) atoms. The van der Waals surface area contributed by atoms with Gasteiger partial charge in [0, 0.05) is 36.1 Å². The molecular weight excluding hydrogens is 305 g/mol. The highest BCUT2D eigenvalue weighted by atomic mass is 19.4. The van der Waals surface area contributed by atoms with Gasteiger partial charge in [0.05, 0.1) is 0 Å². The Kier molecular flexibility index (Phi) is 4.06. The molecule has 0 amide bonds. The number of fused-ring (bicyclic) bond motifs is 1. The minimum atomic E-state index is -4.70. The predicted octanol–water partition coefficient (Wildman–Crippen LogP) is 4.75. The standard InChI is InChI=1S/C17H13F3N2O/c18-17(19,20)23-15-6-3-5-14(8-15)22-11-13-10-21-9-12-4-1-2-7-16(12)13/h1-10,22H,11H2. The van der Waals surface area contributed by atoms with E-state index in [0.29, 0.717) is 12.2 Å². The van der Waals surface area contributed by atoms with Gasteiger partial charge in [-0.2, -0.15) is 0 Å². The molecule has 0 bridgehead atoms. The molecule has 0 aliphatic rings. The summed E-state index contributed by atoms with van der Waals surface area (Å²) < 4.78 is 40.7. The Hall–Kier alpha value is -2.76. The summed E-state index contributed by atoms with van der Waals surface area (Å²) >= 11 is 0. The molecule has 0 spiro atoms. The number of aromatic nitrogens is 1. The molecule has 118 valence electrons. The maximum absolute atomic E-state index is 12.2. The lowest BCUT2D eigenvalue weighted by Gasteiger charge is -2.12. The van der Waals surface area contributed by atoms with Crippen LogP contribution in [-0.4, -0.2) is 11.3 Å². The molecule has 0 unspecified atom stereocenters. The Morgan fingerprint density at radius 2 is 1.83 bits per heavy atom. The van der Waals surface area contributed by atoms with Crippen molar-refractivity contribution >= 4 is 16.5 Å². The summed E-state index contributed by atoms with van der Waals surface area (Å²) in [5.41, 5.74) is 1.50. The quantitative estimate of drug-likeness (QED) is 0.754. The van der Waals surface area contributed by atoms with Crippen LogP contribution in [0.2, 0.25) is 0 Å². The SMILES string of the molecule is FC(F)(F)Oc1cccc(NCc2cncc3ccccc23)c1. The van der Waals surface area contributed by atoms with Crippen LogP contribution in [0.4, 0.5) is 18.9 Å². The second-order valence-electron chi connectivity index (χ2n) is 4.95. The second kappa shape index (κ2) is 6.16. The predicted molar refractivity (Wildman–Crippen MR) is 82.2 cm³/mol. The van der Waals surface area contributed by atoms with E-state index in [1.54, 1.807) is 18.5 Å². The number of hydrogen-bond donors (Lipinski definition) is 1. The Bertz CT molecular complexity index is 813. The van der Waals surface area contributed by atoms with Gasteiger partial charge in [-0.3, -0.25) is 4.98 Å². The summed E-state index contributed by atoms with van der Waals surface area (Å²) in [6.07, 6.45) is -1.18. The van der Waals surface area contributed by atoms with E-state index >= 15 is 0 Å². The van der Waals surface area contributed by atoms with Gasteiger partial charge in [-0.15, -0.1) is 13.2 Å². The molecule has 0 saturated heterocycles. The molecule has 1 N–H and O–H groups in total. The number of rotatable bonds is 4. The number of anilines is 1. The topological polar surface area (TPSA) is 34.1 Å². The van der Waals surface area contributed by atoms with E-state index in [1.165, 1.54) is 18.2 Å². The molecule has 3 aromatic rings. The average molecular weight is 318 g/mol. The van der Waals surface area contributed by atoms with Crippen molar-refractivity contribution in [1.82, 2.24) is 4.98 Å². The van der Waals surface area contributed by atoms with Crippen LogP contribution in [0.25, 0.3) is 10.8 Å². The maximum Gasteiger partial charge on any atom is 0.573 e. The smallest absolute Gasteiger partial charge is 0.406 e. The van der Waals surface area contributed by atoms with Gasteiger partial charge in [0.1, 0.15) is 5.75 Å². The van der Waals surface area contributed by atoms with E-state index in [-0.39, 0.29) is 5.75 Å². The van der Waals surface area contributed by atoms with Crippen LogP contribution in [0, 0.1) is 0 Å². The first-order chi connectivity index (χ1) is 11.0. The minimum Gasteiger partial charge on any atom is -0.406 e. The Balaban J connectivity index is 1.76. The molecule has 6 heteroatoms. The Morgan fingerprint density at radius 1 is 1.00 bits per heavy atom. The van der Waals surface area contributed by atoms with Gasteiger partial charge in [0.15, 0.2) is 0 Å². The van der Waals surface area contributed by atoms with Gasteiger partial charge in [-0.25, -0.2) is 0 Å². The summed E-state index contributed by atoms with van der Waals surface area (Å²) in [6.45, 7) is 0.448. The van der Waals surface area contributed by atoms with E-state index in [0.717, 1.165) is 16.3 Å². The normalized spacial score (nSPS) is 11.4. The fourth-order valence-corrected chi connectivity index (χ4v) is 2.32.